The summed E-state index contributed by atoms with van der Waals surface area (Å²) in [5.74, 6) is 1.12. The molecule has 0 radical (unpaired) electrons. The average molecular weight is 225 g/mol. The van der Waals surface area contributed by atoms with E-state index in [4.69, 9.17) is 0 Å². The Morgan fingerprint density at radius 3 is 2.42 bits per heavy atom. The fourth-order valence-electron chi connectivity index (χ4n) is 0.751. The first kappa shape index (κ1) is 8.91. The van der Waals surface area contributed by atoms with Crippen molar-refractivity contribution < 1.29 is 9.59 Å². The lowest BCUT2D eigenvalue weighted by atomic mass is 10.1. The summed E-state index contributed by atoms with van der Waals surface area (Å²) in [6.07, 6.45) is 0.878. The van der Waals surface area contributed by atoms with Gasteiger partial charge in [0.2, 0.25) is 0 Å². The summed E-state index contributed by atoms with van der Waals surface area (Å²) in [6.45, 7) is 0. The molecule has 0 aliphatic carbocycles. The third kappa shape index (κ3) is 2.16. The number of hydrogen-bond donors (Lipinski definition) is 0. The van der Waals surface area contributed by atoms with Crippen LogP contribution in [0.2, 0.25) is 0 Å². The van der Waals surface area contributed by atoms with Gasteiger partial charge < -0.3 is 0 Å². The first-order valence-corrected chi connectivity index (χ1v) is 4.04. The van der Waals surface area contributed by atoms with Gasteiger partial charge in [0.15, 0.2) is 5.78 Å². The van der Waals surface area contributed by atoms with Crippen LogP contribution in [-0.4, -0.2) is 11.7 Å². The zero-order valence-corrected chi connectivity index (χ0v) is 7.67. The Hall–Kier alpha value is -1.18. The van der Waals surface area contributed by atoms with E-state index < -0.39 is 0 Å². The molecule has 0 heterocycles. The summed E-state index contributed by atoms with van der Waals surface area (Å²) in [6, 6.07) is 6.76. The fourth-order valence-corrected chi connectivity index (χ4v) is 1.02. The van der Waals surface area contributed by atoms with E-state index in [1.807, 2.05) is 0 Å². The van der Waals surface area contributed by atoms with Crippen molar-refractivity contribution >= 4 is 27.7 Å². The van der Waals surface area contributed by atoms with E-state index in [1.165, 1.54) is 5.94 Å². The smallest absolute Gasteiger partial charge is 0.196 e. The molecule has 0 spiro atoms. The molecule has 0 amide bonds. The summed E-state index contributed by atoms with van der Waals surface area (Å²) in [5.41, 5.74) is 0.488. The number of allylic oxidation sites excluding steroid dienone is 1. The van der Waals surface area contributed by atoms with Gasteiger partial charge in [0.05, 0.1) is 6.08 Å². The van der Waals surface area contributed by atoms with Crippen LogP contribution < -0.4 is 0 Å². The van der Waals surface area contributed by atoms with E-state index in [0.29, 0.717) is 5.56 Å². The van der Waals surface area contributed by atoms with Crippen LogP contribution in [-0.2, 0) is 4.79 Å². The summed E-state index contributed by atoms with van der Waals surface area (Å²) in [5, 5.41) is 0. The highest BCUT2D eigenvalue weighted by Gasteiger charge is 2.00. The fraction of sp³-hybridized carbons (Fsp3) is 0. The SMILES string of the molecule is O=C=CC(=O)c1ccc(Br)cc1. The molecule has 0 saturated heterocycles. The largest absolute Gasteiger partial charge is 0.288 e. The molecule has 0 aromatic heterocycles. The summed E-state index contributed by atoms with van der Waals surface area (Å²) in [4.78, 5) is 20.9. The zero-order chi connectivity index (χ0) is 8.97. The van der Waals surface area contributed by atoms with Gasteiger partial charge >= 0.3 is 0 Å². The molecule has 0 N–H and O–H groups in total. The first-order valence-electron chi connectivity index (χ1n) is 3.25. The van der Waals surface area contributed by atoms with Crippen LogP contribution in [0, 0.1) is 0 Å². The molecule has 60 valence electrons. The lowest BCUT2D eigenvalue weighted by Gasteiger charge is -1.93. The van der Waals surface area contributed by atoms with Crippen molar-refractivity contribution in [3.05, 3.63) is 40.4 Å². The van der Waals surface area contributed by atoms with E-state index in [-0.39, 0.29) is 5.78 Å². The molecule has 12 heavy (non-hydrogen) atoms. The molecule has 0 fully saturated rings. The lowest BCUT2D eigenvalue weighted by molar-refractivity contribution is 0.104. The summed E-state index contributed by atoms with van der Waals surface area (Å²) in [7, 11) is 0. The van der Waals surface area contributed by atoms with Crippen molar-refractivity contribution in [2.45, 2.75) is 0 Å². The van der Waals surface area contributed by atoms with E-state index in [2.05, 4.69) is 15.9 Å². The van der Waals surface area contributed by atoms with E-state index in [0.717, 1.165) is 10.5 Å². The van der Waals surface area contributed by atoms with Crippen LogP contribution in [0.1, 0.15) is 10.4 Å². The van der Waals surface area contributed by atoms with Crippen LogP contribution in [0.4, 0.5) is 0 Å². The topological polar surface area (TPSA) is 34.1 Å². The van der Waals surface area contributed by atoms with Gasteiger partial charge in [-0.1, -0.05) is 15.9 Å². The molecule has 0 bridgehead atoms. The number of halogens is 1. The molecule has 0 atom stereocenters. The summed E-state index contributed by atoms with van der Waals surface area (Å²) >= 11 is 3.23. The maximum atomic E-state index is 11.0. The quantitative estimate of drug-likeness (QED) is 0.438. The molecule has 3 heteroatoms. The maximum absolute atomic E-state index is 11.0. The van der Waals surface area contributed by atoms with Crippen molar-refractivity contribution in [2.24, 2.45) is 0 Å². The standard InChI is InChI=1S/C9H5BrO2/c10-8-3-1-7(2-4-8)9(12)5-6-11/h1-5H. The van der Waals surface area contributed by atoms with Gasteiger partial charge in [-0.25, -0.2) is 4.79 Å². The van der Waals surface area contributed by atoms with Crippen LogP contribution in [0.25, 0.3) is 0 Å². The predicted molar refractivity (Wildman–Crippen MR) is 48.7 cm³/mol. The van der Waals surface area contributed by atoms with Gasteiger partial charge in [0, 0.05) is 10.0 Å². The number of benzene rings is 1. The number of carbonyl (C=O) groups is 1. The highest BCUT2D eigenvalue weighted by atomic mass is 79.9. The van der Waals surface area contributed by atoms with E-state index >= 15 is 0 Å². The number of carbonyl (C=O) groups excluding carboxylic acids is 2. The Balaban J connectivity index is 2.97. The van der Waals surface area contributed by atoms with Crippen LogP contribution >= 0.6 is 15.9 Å². The minimum absolute atomic E-state index is 0.322. The molecule has 1 aromatic carbocycles. The monoisotopic (exact) mass is 224 g/mol. The van der Waals surface area contributed by atoms with Crippen molar-refractivity contribution in [1.82, 2.24) is 0 Å². The Morgan fingerprint density at radius 2 is 1.92 bits per heavy atom. The molecular formula is C9H5BrO2. The van der Waals surface area contributed by atoms with Gasteiger partial charge in [-0.2, -0.15) is 0 Å². The minimum atomic E-state index is -0.322. The van der Waals surface area contributed by atoms with Crippen LogP contribution in [0.3, 0.4) is 0 Å². The third-order valence-corrected chi connectivity index (χ3v) is 1.85. The number of hydrogen-bond acceptors (Lipinski definition) is 2. The minimum Gasteiger partial charge on any atom is -0.288 e. The molecular weight excluding hydrogens is 220 g/mol. The molecule has 0 saturated carbocycles. The van der Waals surface area contributed by atoms with Gasteiger partial charge in [0.1, 0.15) is 5.94 Å². The Kier molecular flexibility index (Phi) is 2.97. The second-order valence-corrected chi connectivity index (χ2v) is 3.05. The predicted octanol–water partition coefficient (Wildman–Crippen LogP) is 2.02. The van der Waals surface area contributed by atoms with Crippen LogP contribution in [0.5, 0.6) is 0 Å². The second-order valence-electron chi connectivity index (χ2n) is 2.13. The van der Waals surface area contributed by atoms with Crippen LogP contribution in [0.15, 0.2) is 34.8 Å². The summed E-state index contributed by atoms with van der Waals surface area (Å²) < 4.78 is 0.897. The lowest BCUT2D eigenvalue weighted by Crippen LogP contribution is -1.92. The molecule has 0 unspecified atom stereocenters. The Morgan fingerprint density at radius 1 is 1.33 bits per heavy atom. The molecule has 0 aliphatic heterocycles. The molecule has 1 aromatic rings. The van der Waals surface area contributed by atoms with Gasteiger partial charge in [-0.05, 0) is 24.3 Å². The molecule has 2 nitrogen and oxygen atoms in total. The molecule has 1 rings (SSSR count). The average Bonchev–Trinajstić information content (AvgIpc) is 2.06. The van der Waals surface area contributed by atoms with Crippen molar-refractivity contribution in [1.29, 1.82) is 0 Å². The van der Waals surface area contributed by atoms with E-state index in [1.54, 1.807) is 24.3 Å². The highest BCUT2D eigenvalue weighted by molar-refractivity contribution is 9.10. The Labute approximate surface area is 78.0 Å². The normalized spacial score (nSPS) is 8.75. The van der Waals surface area contributed by atoms with Gasteiger partial charge in [-0.15, -0.1) is 0 Å². The number of rotatable bonds is 2. The van der Waals surface area contributed by atoms with Gasteiger partial charge in [-0.3, -0.25) is 4.79 Å². The van der Waals surface area contributed by atoms with Crippen molar-refractivity contribution in [3.63, 3.8) is 0 Å². The van der Waals surface area contributed by atoms with Gasteiger partial charge in [0.25, 0.3) is 0 Å². The van der Waals surface area contributed by atoms with E-state index in [9.17, 15) is 9.59 Å². The van der Waals surface area contributed by atoms with Crippen molar-refractivity contribution in [2.75, 3.05) is 0 Å². The molecule has 0 aliphatic rings. The first-order chi connectivity index (χ1) is 5.74. The Bertz CT molecular complexity index is 334. The highest BCUT2D eigenvalue weighted by Crippen LogP contribution is 2.10. The second kappa shape index (κ2) is 4.00. The number of ketones is 1. The van der Waals surface area contributed by atoms with Crippen molar-refractivity contribution in [3.8, 4) is 0 Å². The zero-order valence-electron chi connectivity index (χ0n) is 6.08. The maximum Gasteiger partial charge on any atom is 0.196 e. The third-order valence-electron chi connectivity index (χ3n) is 1.32.